The van der Waals surface area contributed by atoms with Gasteiger partial charge in [-0.1, -0.05) is 0 Å². The molecular formula is C5H11NO4S. The second kappa shape index (κ2) is 5.09. The lowest BCUT2D eigenvalue weighted by atomic mass is 10.4. The molecule has 0 spiro atoms. The van der Waals surface area contributed by atoms with Gasteiger partial charge in [0.05, 0.1) is 6.61 Å². The van der Waals surface area contributed by atoms with Crippen LogP contribution < -0.4 is 4.72 Å². The van der Waals surface area contributed by atoms with Crippen molar-refractivity contribution in [3.8, 4) is 0 Å². The molecule has 0 aromatic rings. The van der Waals surface area contributed by atoms with Crippen molar-refractivity contribution in [1.82, 2.24) is 4.72 Å². The van der Waals surface area contributed by atoms with E-state index < -0.39 is 22.9 Å². The van der Waals surface area contributed by atoms with E-state index in [2.05, 4.69) is 4.74 Å². The fraction of sp³-hybridized carbons (Fsp3) is 0.800. The molecule has 66 valence electrons. The largest absolute Gasteiger partial charge is 0.465 e. The maximum atomic E-state index is 10.7. The smallest absolute Gasteiger partial charge is 0.323 e. The lowest BCUT2D eigenvalue weighted by molar-refractivity contribution is -0.144. The molecule has 0 aromatic carbocycles. The summed E-state index contributed by atoms with van der Waals surface area (Å²) in [6, 6.07) is -0.795. The van der Waals surface area contributed by atoms with Crippen LogP contribution in [0.2, 0.25) is 0 Å². The quantitative estimate of drug-likeness (QED) is 0.433. The van der Waals surface area contributed by atoms with Crippen molar-refractivity contribution in [3.05, 3.63) is 0 Å². The average molecular weight is 181 g/mol. The molecule has 1 atom stereocenters. The average Bonchev–Trinajstić information content (AvgIpc) is 1.86. The minimum atomic E-state index is -2.73. The van der Waals surface area contributed by atoms with Gasteiger partial charge < -0.3 is 4.74 Å². The predicted octanol–water partition coefficient (Wildman–Crippen LogP) is -0.946. The van der Waals surface area contributed by atoms with Gasteiger partial charge in [-0.05, 0) is 13.8 Å². The van der Waals surface area contributed by atoms with Gasteiger partial charge in [-0.3, -0.25) is 4.79 Å². The Bertz CT molecular complexity index is 193. The molecule has 0 aliphatic carbocycles. The number of carbonyl (C=O) groups is 1. The van der Waals surface area contributed by atoms with Crippen LogP contribution in [0.3, 0.4) is 0 Å². The summed E-state index contributed by atoms with van der Waals surface area (Å²) < 4.78 is 26.6. The van der Waals surface area contributed by atoms with Crippen LogP contribution >= 0.6 is 0 Å². The fourth-order valence-corrected chi connectivity index (χ4v) is 0.900. The van der Waals surface area contributed by atoms with E-state index in [9.17, 15) is 13.2 Å². The third kappa shape index (κ3) is 4.74. The molecule has 11 heavy (non-hydrogen) atoms. The normalized spacial score (nSPS) is 13.0. The number of rotatable bonds is 4. The maximum Gasteiger partial charge on any atom is 0.323 e. The lowest BCUT2D eigenvalue weighted by Gasteiger charge is -2.06. The molecule has 0 saturated carbocycles. The summed E-state index contributed by atoms with van der Waals surface area (Å²) in [6.07, 6.45) is 0. The molecule has 0 amide bonds. The first-order valence-corrected chi connectivity index (χ1v) is 4.32. The van der Waals surface area contributed by atoms with Crippen LogP contribution in [-0.2, 0) is 20.4 Å². The highest BCUT2D eigenvalue weighted by atomic mass is 32.2. The van der Waals surface area contributed by atoms with Gasteiger partial charge in [-0.2, -0.15) is 0 Å². The van der Waals surface area contributed by atoms with Crippen molar-refractivity contribution in [2.75, 3.05) is 6.61 Å². The van der Waals surface area contributed by atoms with E-state index in [-0.39, 0.29) is 6.61 Å². The first kappa shape index (κ1) is 10.4. The number of hydrogen-bond acceptors (Lipinski definition) is 4. The van der Waals surface area contributed by atoms with Gasteiger partial charge in [0.15, 0.2) is 0 Å². The van der Waals surface area contributed by atoms with Crippen LogP contribution in [0.15, 0.2) is 0 Å². The summed E-state index contributed by atoms with van der Waals surface area (Å²) in [5.41, 5.74) is 0. The molecule has 0 radical (unpaired) electrons. The molecule has 0 rings (SSSR count). The highest BCUT2D eigenvalue weighted by molar-refractivity contribution is 7.70. The Labute approximate surface area is 66.8 Å². The van der Waals surface area contributed by atoms with Gasteiger partial charge in [0.2, 0.25) is 10.9 Å². The second-order valence-electron chi connectivity index (χ2n) is 1.86. The molecule has 6 heteroatoms. The van der Waals surface area contributed by atoms with Crippen molar-refractivity contribution < 1.29 is 17.9 Å². The Balaban J connectivity index is 3.82. The number of esters is 1. The zero-order valence-corrected chi connectivity index (χ0v) is 7.26. The van der Waals surface area contributed by atoms with Gasteiger partial charge >= 0.3 is 5.97 Å². The first-order valence-electron chi connectivity index (χ1n) is 3.15. The lowest BCUT2D eigenvalue weighted by Crippen LogP contribution is -2.34. The molecule has 0 aliphatic rings. The molecule has 5 nitrogen and oxygen atoms in total. The van der Waals surface area contributed by atoms with E-state index in [1.165, 1.54) is 6.92 Å². The molecular weight excluding hydrogens is 170 g/mol. The topological polar surface area (TPSA) is 72.5 Å². The van der Waals surface area contributed by atoms with Crippen molar-refractivity contribution in [1.29, 1.82) is 0 Å². The van der Waals surface area contributed by atoms with E-state index in [0.29, 0.717) is 0 Å². The van der Waals surface area contributed by atoms with Crippen LogP contribution in [-0.4, -0.2) is 27.0 Å². The Hall–Kier alpha value is -0.620. The number of carbonyl (C=O) groups excluding carboxylic acids is 1. The van der Waals surface area contributed by atoms with E-state index in [0.717, 1.165) is 0 Å². The Morgan fingerprint density at radius 3 is 2.55 bits per heavy atom. The summed E-state index contributed by atoms with van der Waals surface area (Å²) in [7, 11) is -2.73. The molecule has 0 unspecified atom stereocenters. The summed E-state index contributed by atoms with van der Waals surface area (Å²) >= 11 is 0. The maximum absolute atomic E-state index is 10.7. The number of nitrogens with one attached hydrogen (secondary N) is 1. The minimum Gasteiger partial charge on any atom is -0.465 e. The summed E-state index contributed by atoms with van der Waals surface area (Å²) in [5.74, 6) is -0.563. The van der Waals surface area contributed by atoms with Gasteiger partial charge in [0, 0.05) is 0 Å². The molecule has 0 heterocycles. The third-order valence-electron chi connectivity index (χ3n) is 0.939. The minimum absolute atomic E-state index is 0.250. The van der Waals surface area contributed by atoms with Crippen molar-refractivity contribution >= 4 is 16.9 Å². The van der Waals surface area contributed by atoms with E-state index in [1.807, 2.05) is 4.72 Å². The molecule has 0 fully saturated rings. The molecule has 0 bridgehead atoms. The monoisotopic (exact) mass is 181 g/mol. The third-order valence-corrected chi connectivity index (χ3v) is 1.54. The zero-order valence-electron chi connectivity index (χ0n) is 6.36. The van der Waals surface area contributed by atoms with Crippen LogP contribution in [0, 0.1) is 0 Å². The number of ether oxygens (including phenoxy) is 1. The van der Waals surface area contributed by atoms with Gasteiger partial charge in [-0.25, -0.2) is 13.1 Å². The van der Waals surface area contributed by atoms with E-state index in [1.54, 1.807) is 6.92 Å². The second-order valence-corrected chi connectivity index (χ2v) is 2.63. The number of hydrogen-bond donors (Lipinski definition) is 2. The van der Waals surface area contributed by atoms with Crippen molar-refractivity contribution in [2.45, 2.75) is 19.9 Å². The summed E-state index contributed by atoms with van der Waals surface area (Å²) in [4.78, 5) is 10.7. The van der Waals surface area contributed by atoms with Crippen LogP contribution in [0.1, 0.15) is 13.8 Å². The van der Waals surface area contributed by atoms with Gasteiger partial charge in [-0.15, -0.1) is 0 Å². The fourth-order valence-electron chi connectivity index (χ4n) is 0.478. The molecule has 0 aliphatic heterocycles. The summed E-state index contributed by atoms with van der Waals surface area (Å²) in [5, 5.41) is 0. The SMILES string of the molecule is CCOC(=O)[C@@H](C)N[SH](=O)=O. The zero-order chi connectivity index (χ0) is 8.85. The highest BCUT2D eigenvalue weighted by Gasteiger charge is 2.12. The molecule has 0 saturated heterocycles. The van der Waals surface area contributed by atoms with Gasteiger partial charge in [0.25, 0.3) is 0 Å². The highest BCUT2D eigenvalue weighted by Crippen LogP contribution is 1.86. The Morgan fingerprint density at radius 2 is 2.18 bits per heavy atom. The van der Waals surface area contributed by atoms with E-state index >= 15 is 0 Å². The van der Waals surface area contributed by atoms with Crippen LogP contribution in [0.4, 0.5) is 0 Å². The van der Waals surface area contributed by atoms with E-state index in [4.69, 9.17) is 0 Å². The first-order chi connectivity index (χ1) is 5.07. The van der Waals surface area contributed by atoms with Gasteiger partial charge in [0.1, 0.15) is 6.04 Å². The van der Waals surface area contributed by atoms with Crippen LogP contribution in [0.5, 0.6) is 0 Å². The van der Waals surface area contributed by atoms with Crippen molar-refractivity contribution in [2.24, 2.45) is 0 Å². The number of thiol groups is 1. The molecule has 1 N–H and O–H groups in total. The van der Waals surface area contributed by atoms with Crippen molar-refractivity contribution in [3.63, 3.8) is 0 Å². The standard InChI is InChI=1S/C5H11NO4S/c1-3-10-5(7)4(2)6-11(8)9/h4,11H,3H2,1-2H3,(H,6,8,9)/t4-/m1/s1. The Morgan fingerprint density at radius 1 is 1.64 bits per heavy atom. The summed E-state index contributed by atoms with van der Waals surface area (Å²) in [6.45, 7) is 3.32. The van der Waals surface area contributed by atoms with Crippen LogP contribution in [0.25, 0.3) is 0 Å². The Kier molecular flexibility index (Phi) is 4.80. The predicted molar refractivity (Wildman–Crippen MR) is 39.5 cm³/mol. The molecule has 0 aromatic heterocycles.